The molecule has 0 aromatic heterocycles. The number of rotatable bonds is 5. The maximum absolute atomic E-state index is 12.8. The molecule has 140 valence electrons. The van der Waals surface area contributed by atoms with Crippen molar-refractivity contribution in [1.82, 2.24) is 4.90 Å². The molecule has 0 spiro atoms. The van der Waals surface area contributed by atoms with Crippen LogP contribution in [0.4, 0.5) is 0 Å². The molecule has 2 aliphatic heterocycles. The Bertz CT molecular complexity index is 732. The Morgan fingerprint density at radius 2 is 2.15 bits per heavy atom. The van der Waals surface area contributed by atoms with E-state index in [2.05, 4.69) is 0 Å². The molecule has 2 saturated heterocycles. The number of carboxylic acid groups (broad SMARTS) is 1. The number of amides is 1. The average molecular weight is 361 g/mol. The number of ketones is 1. The summed E-state index contributed by atoms with van der Waals surface area (Å²) >= 11 is 0. The van der Waals surface area contributed by atoms with Crippen LogP contribution >= 0.6 is 0 Å². The Morgan fingerprint density at radius 3 is 2.81 bits per heavy atom. The zero-order chi connectivity index (χ0) is 18.9. The molecule has 1 amide bonds. The summed E-state index contributed by atoms with van der Waals surface area (Å²) in [7, 11) is 0. The molecule has 1 unspecified atom stereocenters. The SMILES string of the molecule is CC(=O)c1cccc(OC(C)C(=O)N2C[C@H]3COCC[C@@]3(C(=O)O)C2)c1. The van der Waals surface area contributed by atoms with E-state index in [1.807, 2.05) is 0 Å². The third-order valence-corrected chi connectivity index (χ3v) is 5.35. The standard InChI is InChI=1S/C19H23NO6/c1-12(21)14-4-3-5-16(8-14)26-13(2)17(22)20-9-15-10-25-7-6-19(15,11-20)18(23)24/h3-5,8,13,15H,6-7,9-11H2,1-2H3,(H,23,24)/t13?,15-,19+/m0/s1. The number of hydrogen-bond donors (Lipinski definition) is 1. The fraction of sp³-hybridized carbons (Fsp3) is 0.526. The van der Waals surface area contributed by atoms with E-state index < -0.39 is 17.5 Å². The van der Waals surface area contributed by atoms with Crippen molar-refractivity contribution in [2.75, 3.05) is 26.3 Å². The molecule has 3 atom stereocenters. The topological polar surface area (TPSA) is 93.1 Å². The van der Waals surface area contributed by atoms with Crippen molar-refractivity contribution in [2.45, 2.75) is 26.4 Å². The molecule has 0 radical (unpaired) electrons. The Morgan fingerprint density at radius 1 is 1.38 bits per heavy atom. The smallest absolute Gasteiger partial charge is 0.311 e. The first kappa shape index (κ1) is 18.4. The largest absolute Gasteiger partial charge is 0.481 e. The summed E-state index contributed by atoms with van der Waals surface area (Å²) in [6, 6.07) is 6.67. The van der Waals surface area contributed by atoms with Crippen LogP contribution < -0.4 is 4.74 Å². The fourth-order valence-corrected chi connectivity index (χ4v) is 3.77. The Balaban J connectivity index is 1.70. The van der Waals surface area contributed by atoms with Crippen LogP contribution in [0.2, 0.25) is 0 Å². The lowest BCUT2D eigenvalue weighted by molar-refractivity contribution is -0.157. The number of carbonyl (C=O) groups is 3. The third kappa shape index (κ3) is 3.31. The van der Waals surface area contributed by atoms with E-state index in [0.717, 1.165) is 0 Å². The highest BCUT2D eigenvalue weighted by Crippen LogP contribution is 2.42. The summed E-state index contributed by atoms with van der Waals surface area (Å²) in [6.45, 7) is 4.38. The number of fused-ring (bicyclic) bond motifs is 1. The number of Topliss-reactive ketones (excluding diaryl/α,β-unsaturated/α-hetero) is 1. The van der Waals surface area contributed by atoms with E-state index in [9.17, 15) is 19.5 Å². The molecule has 2 aliphatic rings. The Labute approximate surface area is 151 Å². The summed E-state index contributed by atoms with van der Waals surface area (Å²) in [6.07, 6.45) is -0.365. The van der Waals surface area contributed by atoms with Gasteiger partial charge >= 0.3 is 5.97 Å². The highest BCUT2D eigenvalue weighted by atomic mass is 16.5. The van der Waals surface area contributed by atoms with Crippen LogP contribution in [-0.2, 0) is 14.3 Å². The molecule has 1 aromatic rings. The first-order valence-corrected chi connectivity index (χ1v) is 8.71. The Hall–Kier alpha value is -2.41. The molecule has 3 rings (SSSR count). The van der Waals surface area contributed by atoms with Gasteiger partial charge in [0, 0.05) is 31.2 Å². The molecule has 1 aromatic carbocycles. The van der Waals surface area contributed by atoms with Gasteiger partial charge in [-0.25, -0.2) is 0 Å². The van der Waals surface area contributed by atoms with Gasteiger partial charge in [0.25, 0.3) is 5.91 Å². The zero-order valence-electron chi connectivity index (χ0n) is 14.9. The fourth-order valence-electron chi connectivity index (χ4n) is 3.77. The third-order valence-electron chi connectivity index (χ3n) is 5.35. The molecule has 0 aliphatic carbocycles. The second kappa shape index (κ2) is 7.07. The maximum atomic E-state index is 12.8. The molecular weight excluding hydrogens is 338 g/mol. The van der Waals surface area contributed by atoms with Crippen LogP contribution in [0.25, 0.3) is 0 Å². The van der Waals surface area contributed by atoms with Crippen LogP contribution in [-0.4, -0.2) is 60.1 Å². The Kier molecular flexibility index (Phi) is 5.00. The summed E-state index contributed by atoms with van der Waals surface area (Å²) in [5, 5.41) is 9.70. The lowest BCUT2D eigenvalue weighted by Gasteiger charge is -2.33. The van der Waals surface area contributed by atoms with E-state index in [4.69, 9.17) is 9.47 Å². The second-order valence-corrected chi connectivity index (χ2v) is 7.05. The number of benzene rings is 1. The molecule has 0 bridgehead atoms. The van der Waals surface area contributed by atoms with Crippen molar-refractivity contribution in [3.63, 3.8) is 0 Å². The summed E-state index contributed by atoms with van der Waals surface area (Å²) in [4.78, 5) is 37.6. The summed E-state index contributed by atoms with van der Waals surface area (Å²) in [5.41, 5.74) is -0.418. The van der Waals surface area contributed by atoms with E-state index in [1.165, 1.54) is 6.92 Å². The normalized spacial score (nSPS) is 26.1. The molecular formula is C19H23NO6. The number of hydrogen-bond acceptors (Lipinski definition) is 5. The molecule has 7 nitrogen and oxygen atoms in total. The van der Waals surface area contributed by atoms with Gasteiger partial charge < -0.3 is 19.5 Å². The van der Waals surface area contributed by atoms with Gasteiger partial charge in [-0.15, -0.1) is 0 Å². The number of nitrogens with zero attached hydrogens (tertiary/aromatic N) is 1. The monoisotopic (exact) mass is 361 g/mol. The van der Waals surface area contributed by atoms with Crippen LogP contribution in [0.3, 0.4) is 0 Å². The highest BCUT2D eigenvalue weighted by Gasteiger charge is 2.55. The quantitative estimate of drug-likeness (QED) is 0.801. The zero-order valence-corrected chi connectivity index (χ0v) is 14.9. The van der Waals surface area contributed by atoms with Gasteiger partial charge in [0.05, 0.1) is 12.0 Å². The molecule has 26 heavy (non-hydrogen) atoms. The van der Waals surface area contributed by atoms with E-state index >= 15 is 0 Å². The van der Waals surface area contributed by atoms with E-state index in [-0.39, 0.29) is 24.2 Å². The first-order chi connectivity index (χ1) is 12.3. The van der Waals surface area contributed by atoms with Gasteiger partial charge in [0.15, 0.2) is 11.9 Å². The highest BCUT2D eigenvalue weighted by molar-refractivity contribution is 5.94. The molecule has 1 N–H and O–H groups in total. The van der Waals surface area contributed by atoms with Gasteiger partial charge in [-0.3, -0.25) is 14.4 Å². The van der Waals surface area contributed by atoms with Gasteiger partial charge in [0.2, 0.25) is 0 Å². The van der Waals surface area contributed by atoms with E-state index in [0.29, 0.717) is 37.5 Å². The summed E-state index contributed by atoms with van der Waals surface area (Å²) in [5.74, 6) is -0.976. The van der Waals surface area contributed by atoms with Crippen molar-refractivity contribution in [3.8, 4) is 5.75 Å². The van der Waals surface area contributed by atoms with E-state index in [1.54, 1.807) is 36.1 Å². The number of aliphatic carboxylic acids is 1. The van der Waals surface area contributed by atoms with Crippen molar-refractivity contribution in [3.05, 3.63) is 29.8 Å². The summed E-state index contributed by atoms with van der Waals surface area (Å²) < 4.78 is 11.1. The predicted octanol–water partition coefficient (Wildman–Crippen LogP) is 1.61. The van der Waals surface area contributed by atoms with Crippen LogP contribution in [0.5, 0.6) is 5.75 Å². The number of likely N-dealkylation sites (tertiary alicyclic amines) is 1. The molecule has 7 heteroatoms. The second-order valence-electron chi connectivity index (χ2n) is 7.05. The van der Waals surface area contributed by atoms with Crippen LogP contribution in [0.15, 0.2) is 24.3 Å². The van der Waals surface area contributed by atoms with Gasteiger partial charge in [-0.05, 0) is 32.4 Å². The van der Waals surface area contributed by atoms with Crippen molar-refractivity contribution < 1.29 is 29.0 Å². The van der Waals surface area contributed by atoms with Gasteiger partial charge in [-0.1, -0.05) is 12.1 Å². The molecule has 2 heterocycles. The van der Waals surface area contributed by atoms with Crippen molar-refractivity contribution >= 4 is 17.7 Å². The van der Waals surface area contributed by atoms with Gasteiger partial charge in [-0.2, -0.15) is 0 Å². The lowest BCUT2D eigenvalue weighted by atomic mass is 9.74. The minimum absolute atomic E-state index is 0.0820. The minimum atomic E-state index is -0.928. The maximum Gasteiger partial charge on any atom is 0.311 e. The average Bonchev–Trinajstić information content (AvgIpc) is 3.02. The first-order valence-electron chi connectivity index (χ1n) is 8.71. The van der Waals surface area contributed by atoms with Crippen LogP contribution in [0, 0.1) is 11.3 Å². The molecule has 2 fully saturated rings. The number of ether oxygens (including phenoxy) is 2. The number of carboxylic acids is 1. The molecule has 0 saturated carbocycles. The predicted molar refractivity (Wildman–Crippen MR) is 92.1 cm³/mol. The van der Waals surface area contributed by atoms with Crippen LogP contribution in [0.1, 0.15) is 30.6 Å². The number of carbonyl (C=O) groups excluding carboxylic acids is 2. The lowest BCUT2D eigenvalue weighted by Crippen LogP contribution is -2.45. The van der Waals surface area contributed by atoms with Crippen molar-refractivity contribution in [2.24, 2.45) is 11.3 Å². The van der Waals surface area contributed by atoms with Gasteiger partial charge in [0.1, 0.15) is 5.75 Å². The minimum Gasteiger partial charge on any atom is -0.481 e. The van der Waals surface area contributed by atoms with Crippen molar-refractivity contribution in [1.29, 1.82) is 0 Å².